The lowest BCUT2D eigenvalue weighted by Gasteiger charge is -2.35. The number of amides is 2. The zero-order chi connectivity index (χ0) is 14.8. The number of hydrogen-bond donors (Lipinski definition) is 1. The molecule has 2 heterocycles. The molecule has 2 amide bonds. The van der Waals surface area contributed by atoms with Gasteiger partial charge >= 0.3 is 0 Å². The summed E-state index contributed by atoms with van der Waals surface area (Å²) < 4.78 is 0. The molecule has 1 aromatic rings. The minimum absolute atomic E-state index is 0.0107. The average Bonchev–Trinajstić information content (AvgIpc) is 2.50. The summed E-state index contributed by atoms with van der Waals surface area (Å²) in [6, 6.07) is 3.95. The number of hydrogen-bond acceptors (Lipinski definition) is 2. The zero-order valence-corrected chi connectivity index (χ0v) is 12.6. The van der Waals surface area contributed by atoms with Crippen molar-refractivity contribution in [2.45, 2.75) is 45.4 Å². The van der Waals surface area contributed by atoms with Gasteiger partial charge in [-0.2, -0.15) is 0 Å². The second-order valence-electron chi connectivity index (χ2n) is 5.90. The molecule has 0 atom stereocenters. The summed E-state index contributed by atoms with van der Waals surface area (Å²) >= 11 is 0. The van der Waals surface area contributed by atoms with E-state index >= 15 is 0 Å². The molecule has 2 aliphatic rings. The van der Waals surface area contributed by atoms with E-state index in [1.54, 1.807) is 0 Å². The van der Waals surface area contributed by atoms with Crippen LogP contribution in [0.2, 0.25) is 0 Å². The number of nitrogens with one attached hydrogen (secondary N) is 1. The van der Waals surface area contributed by atoms with Gasteiger partial charge < -0.3 is 10.2 Å². The largest absolute Gasteiger partial charge is 0.352 e. The highest BCUT2D eigenvalue weighted by Gasteiger charge is 2.30. The Kier molecular flexibility index (Phi) is 3.95. The Labute approximate surface area is 125 Å². The summed E-state index contributed by atoms with van der Waals surface area (Å²) in [6.07, 6.45) is 5.35. The van der Waals surface area contributed by atoms with Gasteiger partial charge in [0.25, 0.3) is 5.91 Å². The molecule has 4 heteroatoms. The third kappa shape index (κ3) is 2.67. The quantitative estimate of drug-likeness (QED) is 0.864. The predicted octanol–water partition coefficient (Wildman–Crippen LogP) is 2.44. The lowest BCUT2D eigenvalue weighted by atomic mass is 9.89. The minimum Gasteiger partial charge on any atom is -0.352 e. The smallest absolute Gasteiger partial charge is 0.251 e. The van der Waals surface area contributed by atoms with E-state index in [9.17, 15) is 9.59 Å². The van der Waals surface area contributed by atoms with Gasteiger partial charge in [-0.05, 0) is 48.9 Å². The Morgan fingerprint density at radius 1 is 1.24 bits per heavy atom. The van der Waals surface area contributed by atoms with Crippen LogP contribution in [0.1, 0.15) is 54.1 Å². The maximum Gasteiger partial charge on any atom is 0.251 e. The standard InChI is InChI=1S/C17H22N2O2/c1-2-3-8-18-17(21)14-10-12-5-4-9-19-15(20)7-6-13(11-14)16(12)19/h10-11H,2-9H2,1H3,(H,18,21). The molecule has 21 heavy (non-hydrogen) atoms. The van der Waals surface area contributed by atoms with E-state index in [-0.39, 0.29) is 11.8 Å². The third-order valence-electron chi connectivity index (χ3n) is 4.35. The molecule has 1 aromatic carbocycles. The van der Waals surface area contributed by atoms with E-state index in [0.717, 1.165) is 67.6 Å². The third-order valence-corrected chi connectivity index (χ3v) is 4.35. The normalized spacial score (nSPS) is 16.6. The first-order chi connectivity index (χ1) is 10.2. The molecule has 4 nitrogen and oxygen atoms in total. The lowest BCUT2D eigenvalue weighted by molar-refractivity contribution is -0.119. The Balaban J connectivity index is 1.89. The first kappa shape index (κ1) is 14.1. The number of carbonyl (C=O) groups excluding carboxylic acids is 2. The fourth-order valence-electron chi connectivity index (χ4n) is 3.27. The topological polar surface area (TPSA) is 49.4 Å². The van der Waals surface area contributed by atoms with Crippen LogP contribution in [-0.4, -0.2) is 24.9 Å². The Hall–Kier alpha value is -1.84. The van der Waals surface area contributed by atoms with Crippen LogP contribution >= 0.6 is 0 Å². The van der Waals surface area contributed by atoms with Crippen molar-refractivity contribution in [3.05, 3.63) is 28.8 Å². The van der Waals surface area contributed by atoms with E-state index in [4.69, 9.17) is 0 Å². The molecule has 0 saturated carbocycles. The number of benzene rings is 1. The van der Waals surface area contributed by atoms with E-state index in [2.05, 4.69) is 12.2 Å². The van der Waals surface area contributed by atoms with Crippen LogP contribution in [0.15, 0.2) is 12.1 Å². The highest BCUT2D eigenvalue weighted by molar-refractivity contribution is 6.00. The monoisotopic (exact) mass is 286 g/mol. The maximum absolute atomic E-state index is 12.2. The molecule has 2 aliphatic heterocycles. The van der Waals surface area contributed by atoms with Crippen LogP contribution < -0.4 is 10.2 Å². The van der Waals surface area contributed by atoms with Crippen molar-refractivity contribution in [3.63, 3.8) is 0 Å². The Morgan fingerprint density at radius 3 is 2.76 bits per heavy atom. The number of aryl methyl sites for hydroxylation is 2. The second kappa shape index (κ2) is 5.88. The van der Waals surface area contributed by atoms with Gasteiger partial charge in [-0.15, -0.1) is 0 Å². The highest BCUT2D eigenvalue weighted by atomic mass is 16.2. The molecule has 0 aromatic heterocycles. The summed E-state index contributed by atoms with van der Waals surface area (Å²) in [7, 11) is 0. The Morgan fingerprint density at radius 2 is 2.00 bits per heavy atom. The molecule has 0 unspecified atom stereocenters. The molecule has 112 valence electrons. The molecule has 0 radical (unpaired) electrons. The number of unbranched alkanes of at least 4 members (excludes halogenated alkanes) is 1. The predicted molar refractivity (Wildman–Crippen MR) is 82.7 cm³/mol. The lowest BCUT2D eigenvalue weighted by Crippen LogP contribution is -2.39. The van der Waals surface area contributed by atoms with Gasteiger partial charge in [0.2, 0.25) is 5.91 Å². The van der Waals surface area contributed by atoms with Gasteiger partial charge in [-0.1, -0.05) is 13.3 Å². The molecule has 0 fully saturated rings. The van der Waals surface area contributed by atoms with Crippen LogP contribution in [0.3, 0.4) is 0 Å². The molecular formula is C17H22N2O2. The summed E-state index contributed by atoms with van der Waals surface area (Å²) in [5.41, 5.74) is 4.15. The molecule has 0 bridgehead atoms. The molecule has 0 aliphatic carbocycles. The van der Waals surface area contributed by atoms with Crippen LogP contribution in [0.5, 0.6) is 0 Å². The van der Waals surface area contributed by atoms with E-state index in [0.29, 0.717) is 6.42 Å². The highest BCUT2D eigenvalue weighted by Crippen LogP contribution is 2.36. The zero-order valence-electron chi connectivity index (χ0n) is 12.6. The van der Waals surface area contributed by atoms with E-state index in [1.165, 1.54) is 0 Å². The van der Waals surface area contributed by atoms with E-state index < -0.39 is 0 Å². The average molecular weight is 286 g/mol. The summed E-state index contributed by atoms with van der Waals surface area (Å²) in [6.45, 7) is 3.66. The van der Waals surface area contributed by atoms with Gasteiger partial charge in [0.05, 0.1) is 5.69 Å². The number of nitrogens with zero attached hydrogens (tertiary/aromatic N) is 1. The van der Waals surface area contributed by atoms with Crippen molar-refractivity contribution in [2.75, 3.05) is 18.0 Å². The molecule has 0 spiro atoms. The molecule has 0 saturated heterocycles. The first-order valence-corrected chi connectivity index (χ1v) is 7.95. The van der Waals surface area contributed by atoms with Crippen LogP contribution in [-0.2, 0) is 17.6 Å². The molecular weight excluding hydrogens is 264 g/mol. The molecule has 1 N–H and O–H groups in total. The van der Waals surface area contributed by atoms with Gasteiger partial charge in [-0.3, -0.25) is 9.59 Å². The van der Waals surface area contributed by atoms with Gasteiger partial charge in [0, 0.05) is 25.1 Å². The number of rotatable bonds is 4. The fraction of sp³-hybridized carbons (Fsp3) is 0.529. The van der Waals surface area contributed by atoms with Crippen molar-refractivity contribution >= 4 is 17.5 Å². The van der Waals surface area contributed by atoms with Gasteiger partial charge in [-0.25, -0.2) is 0 Å². The second-order valence-corrected chi connectivity index (χ2v) is 5.90. The van der Waals surface area contributed by atoms with Crippen LogP contribution in [0.4, 0.5) is 5.69 Å². The Bertz CT molecular complexity index is 563. The number of anilines is 1. The van der Waals surface area contributed by atoms with Crippen molar-refractivity contribution < 1.29 is 9.59 Å². The van der Waals surface area contributed by atoms with Gasteiger partial charge in [0.15, 0.2) is 0 Å². The SMILES string of the molecule is CCCCNC(=O)c1cc2c3c(c1)CCC(=O)N3CCC2. The summed E-state index contributed by atoms with van der Waals surface area (Å²) in [5, 5.41) is 2.98. The van der Waals surface area contributed by atoms with Crippen molar-refractivity contribution in [3.8, 4) is 0 Å². The minimum atomic E-state index is 0.0107. The van der Waals surface area contributed by atoms with Crippen molar-refractivity contribution in [1.29, 1.82) is 0 Å². The summed E-state index contributed by atoms with van der Waals surface area (Å²) in [5.74, 6) is 0.236. The number of carbonyl (C=O) groups is 2. The van der Waals surface area contributed by atoms with E-state index in [1.807, 2.05) is 17.0 Å². The maximum atomic E-state index is 12.2. The molecule has 3 rings (SSSR count). The van der Waals surface area contributed by atoms with Crippen LogP contribution in [0, 0.1) is 0 Å². The van der Waals surface area contributed by atoms with Gasteiger partial charge in [0.1, 0.15) is 0 Å². The van der Waals surface area contributed by atoms with Crippen LogP contribution in [0.25, 0.3) is 0 Å². The fourth-order valence-corrected chi connectivity index (χ4v) is 3.27. The first-order valence-electron chi connectivity index (χ1n) is 7.95. The van der Waals surface area contributed by atoms with Crippen molar-refractivity contribution in [2.24, 2.45) is 0 Å². The summed E-state index contributed by atoms with van der Waals surface area (Å²) in [4.78, 5) is 26.2. The van der Waals surface area contributed by atoms with Crippen molar-refractivity contribution in [1.82, 2.24) is 5.32 Å².